The van der Waals surface area contributed by atoms with Crippen molar-refractivity contribution in [1.82, 2.24) is 4.98 Å². The van der Waals surface area contributed by atoms with Crippen LogP contribution in [0.3, 0.4) is 0 Å². The molecule has 0 saturated heterocycles. The Labute approximate surface area is 298 Å². The minimum atomic E-state index is 0.481. The molecular weight excluding hydrogens is 704 g/mol. The van der Waals surface area contributed by atoms with E-state index in [4.69, 9.17) is 4.98 Å². The van der Waals surface area contributed by atoms with Gasteiger partial charge in [0.25, 0.3) is 0 Å². The van der Waals surface area contributed by atoms with E-state index in [1.165, 1.54) is 11.1 Å². The maximum absolute atomic E-state index is 5.11. The maximum Gasteiger partial charge on any atom is 0.0715 e. The molecule has 0 radical (unpaired) electrons. The summed E-state index contributed by atoms with van der Waals surface area (Å²) in [7, 11) is 1.84. The second kappa shape index (κ2) is 19.5. The molecule has 4 heteroatoms. The number of hydrogen-bond acceptors (Lipinski definition) is 2. The lowest BCUT2D eigenvalue weighted by atomic mass is 9.94. The van der Waals surface area contributed by atoms with E-state index in [9.17, 15) is 0 Å². The lowest BCUT2D eigenvalue weighted by molar-refractivity contribution is 0.769. The minimum Gasteiger partial charge on any atom is -0.293 e. The van der Waals surface area contributed by atoms with Gasteiger partial charge in [0, 0.05) is 34.1 Å². The number of benzene rings is 2. The van der Waals surface area contributed by atoms with Crippen LogP contribution in [0.15, 0.2) is 168 Å². The van der Waals surface area contributed by atoms with Crippen LogP contribution >= 0.6 is 31.9 Å². The first-order valence-electron chi connectivity index (χ1n) is 15.9. The molecule has 47 heavy (non-hydrogen) atoms. The van der Waals surface area contributed by atoms with Gasteiger partial charge in [0.2, 0.25) is 0 Å². The predicted molar refractivity (Wildman–Crippen MR) is 214 cm³/mol. The number of allylic oxidation sites excluding steroid dienone is 15. The summed E-state index contributed by atoms with van der Waals surface area (Å²) in [6, 6.07) is 25.1. The molecule has 1 aromatic heterocycles. The Kier molecular flexibility index (Phi) is 14.8. The molecule has 0 aliphatic heterocycles. The summed E-state index contributed by atoms with van der Waals surface area (Å²) in [5.74, 6) is 0. The molecule has 0 spiro atoms. The zero-order valence-electron chi connectivity index (χ0n) is 27.0. The van der Waals surface area contributed by atoms with Gasteiger partial charge in [0.05, 0.1) is 11.4 Å². The number of pyridine rings is 1. The number of rotatable bonds is 14. The Morgan fingerprint density at radius 3 is 2.32 bits per heavy atom. The fraction of sp³-hybridized carbons (Fsp3) is 0.163. The number of nitrogens with zero attached hydrogens (tertiary/aromatic N) is 2. The van der Waals surface area contributed by atoms with Gasteiger partial charge in [-0.15, -0.1) is 0 Å². The highest BCUT2D eigenvalue weighted by atomic mass is 79.9. The molecule has 2 aromatic carbocycles. The van der Waals surface area contributed by atoms with Gasteiger partial charge in [-0.3, -0.25) is 4.99 Å². The zero-order valence-corrected chi connectivity index (χ0v) is 30.2. The van der Waals surface area contributed by atoms with Crippen molar-refractivity contribution in [3.8, 4) is 11.3 Å². The van der Waals surface area contributed by atoms with Crippen LogP contribution in [-0.2, 0) is 0 Å². The van der Waals surface area contributed by atoms with Crippen molar-refractivity contribution < 1.29 is 0 Å². The largest absolute Gasteiger partial charge is 0.293 e. The van der Waals surface area contributed by atoms with Crippen LogP contribution in [0.25, 0.3) is 28.5 Å². The third-order valence-electron chi connectivity index (χ3n) is 7.70. The van der Waals surface area contributed by atoms with Gasteiger partial charge < -0.3 is 0 Å². The Hall–Kier alpha value is -4.12. The molecule has 0 N–H and O–H groups in total. The summed E-state index contributed by atoms with van der Waals surface area (Å²) in [4.78, 5) is 10.1. The van der Waals surface area contributed by atoms with Crippen LogP contribution in [0, 0.1) is 0 Å². The number of halogens is 2. The topological polar surface area (TPSA) is 25.2 Å². The maximum atomic E-state index is 5.11. The molecule has 0 bridgehead atoms. The van der Waals surface area contributed by atoms with E-state index in [-0.39, 0.29) is 0 Å². The van der Waals surface area contributed by atoms with Crippen molar-refractivity contribution >= 4 is 54.8 Å². The van der Waals surface area contributed by atoms with Crippen LogP contribution in [0.1, 0.15) is 48.9 Å². The molecule has 0 fully saturated rings. The third kappa shape index (κ3) is 11.9. The number of alkyl halides is 1. The third-order valence-corrected chi connectivity index (χ3v) is 9.07. The molecular formula is C43H42Br2N2. The molecule has 0 saturated carbocycles. The molecule has 1 heterocycles. The number of aliphatic imine (C=N–C) groups is 1. The van der Waals surface area contributed by atoms with E-state index in [0.717, 1.165) is 75.9 Å². The van der Waals surface area contributed by atoms with Gasteiger partial charge in [-0.2, -0.15) is 0 Å². The second-order valence-corrected chi connectivity index (χ2v) is 13.3. The summed E-state index contributed by atoms with van der Waals surface area (Å²) in [6.45, 7) is 7.95. The first-order chi connectivity index (χ1) is 23.0. The van der Waals surface area contributed by atoms with Crippen LogP contribution in [0.5, 0.6) is 0 Å². The van der Waals surface area contributed by atoms with Crippen LogP contribution in [0.2, 0.25) is 0 Å². The highest BCUT2D eigenvalue weighted by Crippen LogP contribution is 2.33. The Morgan fingerprint density at radius 1 is 0.915 bits per heavy atom. The summed E-state index contributed by atoms with van der Waals surface area (Å²) in [5, 5.41) is 0. The Morgan fingerprint density at radius 2 is 1.62 bits per heavy atom. The smallest absolute Gasteiger partial charge is 0.0715 e. The lowest BCUT2D eigenvalue weighted by Gasteiger charge is -2.19. The normalized spacial score (nSPS) is 16.7. The summed E-state index contributed by atoms with van der Waals surface area (Å²) >= 11 is 7.30. The fourth-order valence-corrected chi connectivity index (χ4v) is 5.90. The molecule has 1 unspecified atom stereocenters. The summed E-state index contributed by atoms with van der Waals surface area (Å²) in [6.07, 6.45) is 29.8. The average molecular weight is 747 g/mol. The number of aromatic nitrogens is 1. The first-order valence-corrected chi connectivity index (χ1v) is 17.6. The van der Waals surface area contributed by atoms with Gasteiger partial charge in [-0.1, -0.05) is 166 Å². The van der Waals surface area contributed by atoms with E-state index < -0.39 is 0 Å². The van der Waals surface area contributed by atoms with E-state index in [1.807, 2.05) is 37.4 Å². The molecule has 1 atom stereocenters. The van der Waals surface area contributed by atoms with Gasteiger partial charge in [-0.05, 0) is 77.8 Å². The predicted octanol–water partition coefficient (Wildman–Crippen LogP) is 12.7. The quantitative estimate of drug-likeness (QED) is 0.0916. The lowest BCUT2D eigenvalue weighted by Crippen LogP contribution is -2.06. The van der Waals surface area contributed by atoms with Crippen molar-refractivity contribution in [2.45, 2.75) is 36.9 Å². The van der Waals surface area contributed by atoms with Crippen LogP contribution < -0.4 is 0 Å². The Balaban J connectivity index is 1.61. The van der Waals surface area contributed by atoms with Crippen molar-refractivity contribution in [3.63, 3.8) is 0 Å². The van der Waals surface area contributed by atoms with Crippen molar-refractivity contribution in [1.29, 1.82) is 0 Å². The minimum absolute atomic E-state index is 0.481. The molecule has 0 amide bonds. The SMILES string of the molecule is C=C/C(Br)=C\C=C/CC(/C=C(\C=C\c1ccccc1)C/C=C\C=C(/C=C)c1cc(C2=CCCC(Br)C2)nc(-c2ccccc2)c1)=NC. The van der Waals surface area contributed by atoms with E-state index in [1.54, 1.807) is 6.08 Å². The molecule has 3 aromatic rings. The average Bonchev–Trinajstić information content (AvgIpc) is 3.12. The standard InChI is InChI=1S/C43H42Br2N2/c1-4-35(38-31-42(36-21-10-7-11-22-36)47-43(32-38)37-23-16-25-40(45)30-37)20-13-12-19-34(28-27-33-17-8-6-9-18-33)29-41(46-3)26-15-14-24-39(44)5-2/h4-15,17-18,20-24,27-29,31-32,40H,1-2,16,19,25-26,30H2,3H3/b13-12-,15-14-,28-27+,34-29-,35-20+,39-24+,46-41?. The highest BCUT2D eigenvalue weighted by molar-refractivity contribution is 9.11. The zero-order chi connectivity index (χ0) is 33.3. The summed E-state index contributed by atoms with van der Waals surface area (Å²) in [5.41, 5.74) is 9.90. The second-order valence-electron chi connectivity index (χ2n) is 11.1. The molecule has 238 valence electrons. The fourth-order valence-electron chi connectivity index (χ4n) is 5.14. The molecule has 2 nitrogen and oxygen atoms in total. The van der Waals surface area contributed by atoms with Crippen molar-refractivity contribution in [2.24, 2.45) is 4.99 Å². The monoisotopic (exact) mass is 744 g/mol. The van der Waals surface area contributed by atoms with E-state index in [0.29, 0.717) is 4.83 Å². The van der Waals surface area contributed by atoms with Crippen LogP contribution in [-0.4, -0.2) is 22.6 Å². The molecule has 4 rings (SSSR count). The van der Waals surface area contributed by atoms with Crippen molar-refractivity contribution in [3.05, 3.63) is 180 Å². The summed E-state index contributed by atoms with van der Waals surface area (Å²) < 4.78 is 0.945. The first kappa shape index (κ1) is 35.7. The van der Waals surface area contributed by atoms with E-state index in [2.05, 4.69) is 159 Å². The highest BCUT2D eigenvalue weighted by Gasteiger charge is 2.17. The molecule has 1 aliphatic rings. The van der Waals surface area contributed by atoms with Gasteiger partial charge in [0.1, 0.15) is 0 Å². The van der Waals surface area contributed by atoms with Gasteiger partial charge in [-0.25, -0.2) is 4.98 Å². The molecule has 1 aliphatic carbocycles. The van der Waals surface area contributed by atoms with Gasteiger partial charge >= 0.3 is 0 Å². The Bertz CT molecular complexity index is 1750. The van der Waals surface area contributed by atoms with E-state index >= 15 is 0 Å². The van der Waals surface area contributed by atoms with Crippen molar-refractivity contribution in [2.75, 3.05) is 7.05 Å². The van der Waals surface area contributed by atoms with Gasteiger partial charge in [0.15, 0.2) is 0 Å². The number of hydrogen-bond donors (Lipinski definition) is 0. The van der Waals surface area contributed by atoms with Crippen LogP contribution in [0.4, 0.5) is 0 Å².